The van der Waals surface area contributed by atoms with Gasteiger partial charge in [-0.1, -0.05) is 92.6 Å². The summed E-state index contributed by atoms with van der Waals surface area (Å²) in [5, 5.41) is 6.39. The highest BCUT2D eigenvalue weighted by molar-refractivity contribution is 6.03. The van der Waals surface area contributed by atoms with Crippen molar-refractivity contribution in [2.24, 2.45) is 62.6 Å². The van der Waals surface area contributed by atoms with Crippen molar-refractivity contribution in [1.29, 1.82) is 0 Å². The van der Waals surface area contributed by atoms with Gasteiger partial charge in [-0.2, -0.15) is 0 Å². The van der Waals surface area contributed by atoms with E-state index in [0.717, 1.165) is 56.1 Å². The Hall–Kier alpha value is -3.69. The Balaban J connectivity index is 0.978. The molecule has 2 N–H and O–H groups in total. The first kappa shape index (κ1) is 45.9. The number of benzene rings is 1. The highest BCUT2D eigenvalue weighted by Gasteiger charge is 2.71. The molecule has 8 rings (SSSR count). The number of rotatable bonds is 9. The van der Waals surface area contributed by atoms with Crippen LogP contribution in [0, 0.1) is 62.6 Å². The number of alkyl carbamates (subject to hydrolysis) is 1. The number of esters is 2. The highest BCUT2D eigenvalue weighted by atomic mass is 16.6. The van der Waals surface area contributed by atoms with Gasteiger partial charge in [0.05, 0.1) is 17.4 Å². The van der Waals surface area contributed by atoms with Gasteiger partial charge in [-0.3, -0.25) is 19.2 Å². The molecule has 0 unspecified atom stereocenters. The first-order valence-electron chi connectivity index (χ1n) is 24.3. The molecule has 0 heterocycles. The Morgan fingerprint density at radius 2 is 1.41 bits per heavy atom. The molecule has 1 aromatic carbocycles. The highest BCUT2D eigenvalue weighted by Crippen LogP contribution is 2.76. The average Bonchev–Trinajstić information content (AvgIpc) is 3.89. The number of ketones is 1. The summed E-state index contributed by atoms with van der Waals surface area (Å²) in [7, 11) is 0. The zero-order chi connectivity index (χ0) is 45.9. The van der Waals surface area contributed by atoms with Gasteiger partial charge in [-0.05, 0) is 153 Å². The number of hydrogen-bond donors (Lipinski definition) is 2. The van der Waals surface area contributed by atoms with E-state index in [1.54, 1.807) is 0 Å². The van der Waals surface area contributed by atoms with Gasteiger partial charge in [0.1, 0.15) is 23.9 Å². The molecular weight excluding hydrogens is 793 g/mol. The Morgan fingerprint density at radius 1 is 0.746 bits per heavy atom. The molecule has 0 bridgehead atoms. The lowest BCUT2D eigenvalue weighted by atomic mass is 9.33. The van der Waals surface area contributed by atoms with Crippen molar-refractivity contribution in [3.05, 3.63) is 47.0 Å². The molecule has 6 fully saturated rings. The van der Waals surface area contributed by atoms with Gasteiger partial charge in [0.15, 0.2) is 5.78 Å². The lowest BCUT2D eigenvalue weighted by molar-refractivity contribution is -0.235. The predicted octanol–water partition coefficient (Wildman–Crippen LogP) is 10.2. The minimum atomic E-state index is -1.02. The summed E-state index contributed by atoms with van der Waals surface area (Å²) < 4.78 is 17.8. The predicted molar refractivity (Wildman–Crippen MR) is 241 cm³/mol. The number of amides is 2. The summed E-state index contributed by atoms with van der Waals surface area (Å²) in [6, 6.07) is 9.68. The van der Waals surface area contributed by atoms with Crippen LogP contribution in [-0.2, 0) is 40.0 Å². The quantitative estimate of drug-likeness (QED) is 0.185. The normalized spacial score (nSPS) is 38.1. The Morgan fingerprint density at radius 3 is 2.03 bits per heavy atom. The maximum absolute atomic E-state index is 14.3. The minimum Gasteiger partial charge on any atom is -0.462 e. The van der Waals surface area contributed by atoms with Crippen LogP contribution in [0.15, 0.2) is 41.5 Å². The monoisotopic (exact) mass is 869 g/mol. The van der Waals surface area contributed by atoms with Gasteiger partial charge < -0.3 is 24.8 Å². The molecule has 10 nitrogen and oxygen atoms in total. The molecule has 2 amide bonds. The molecule has 0 radical (unpaired) electrons. The number of Topliss-reactive ketones (excluding diaryl/α,β-unsaturated/α-hetero) is 1. The van der Waals surface area contributed by atoms with Crippen molar-refractivity contribution in [1.82, 2.24) is 10.6 Å². The maximum atomic E-state index is 14.3. The minimum absolute atomic E-state index is 0.00622. The number of ether oxygens (including phenoxy) is 3. The second-order valence-corrected chi connectivity index (χ2v) is 24.5. The number of carbonyl (C=O) groups is 5. The third kappa shape index (κ3) is 7.28. The zero-order valence-electron chi connectivity index (χ0n) is 40.4. The second kappa shape index (κ2) is 15.2. The summed E-state index contributed by atoms with van der Waals surface area (Å²) in [4.78, 5) is 68.6. The number of fused-ring (bicyclic) bond motifs is 7. The Kier molecular flexibility index (Phi) is 11.1. The molecule has 6 saturated carbocycles. The van der Waals surface area contributed by atoms with Gasteiger partial charge in [-0.25, -0.2) is 4.79 Å². The van der Waals surface area contributed by atoms with Crippen LogP contribution >= 0.6 is 0 Å². The number of hydrogen-bond acceptors (Lipinski definition) is 8. The van der Waals surface area contributed by atoms with Gasteiger partial charge in [0, 0.05) is 11.8 Å². The van der Waals surface area contributed by atoms with Crippen molar-refractivity contribution in [3.8, 4) is 0 Å². The topological polar surface area (TPSA) is 137 Å². The largest absolute Gasteiger partial charge is 0.462 e. The molecule has 346 valence electrons. The zero-order valence-corrected chi connectivity index (χ0v) is 40.4. The lowest BCUT2D eigenvalue weighted by Crippen LogP contribution is -2.68. The fourth-order valence-corrected chi connectivity index (χ4v) is 15.1. The molecule has 0 saturated heterocycles. The van der Waals surface area contributed by atoms with E-state index in [-0.39, 0.29) is 88.1 Å². The number of carbonyl (C=O) groups excluding carboxylic acids is 5. The first-order valence-corrected chi connectivity index (χ1v) is 24.3. The van der Waals surface area contributed by atoms with E-state index in [4.69, 9.17) is 14.2 Å². The van der Waals surface area contributed by atoms with E-state index in [1.807, 2.05) is 65.0 Å². The van der Waals surface area contributed by atoms with Gasteiger partial charge in [0.25, 0.3) is 0 Å². The maximum Gasteiger partial charge on any atom is 0.408 e. The van der Waals surface area contributed by atoms with Crippen LogP contribution in [0.5, 0.6) is 0 Å². The fraction of sp³-hybridized carbons (Fsp3) is 0.755. The van der Waals surface area contributed by atoms with Crippen molar-refractivity contribution in [2.75, 3.05) is 0 Å². The molecule has 10 atom stereocenters. The van der Waals surface area contributed by atoms with E-state index >= 15 is 0 Å². The van der Waals surface area contributed by atoms with Crippen LogP contribution in [0.2, 0.25) is 0 Å². The smallest absolute Gasteiger partial charge is 0.408 e. The molecule has 7 aliphatic rings. The summed E-state index contributed by atoms with van der Waals surface area (Å²) >= 11 is 0. The SMILES string of the molecule is CC(C)C1=C2[C@H]3CC[C@@H]4[C@@]5(C)CC[C@H](OC(=O)[C@H]6C[C@@H](C(=O)OCc7ccccc7)C6(C)C)C(C)(C)[C@@H]5CC[C@@]4(C)[C@]3(C)CC[C@@]2(NC(=O)C2(NC(=O)OC(C)(C)C)CC2)CC1=O. The van der Waals surface area contributed by atoms with E-state index in [9.17, 15) is 24.0 Å². The second-order valence-electron chi connectivity index (χ2n) is 24.5. The summed E-state index contributed by atoms with van der Waals surface area (Å²) in [6.07, 6.45) is 8.49. The van der Waals surface area contributed by atoms with Crippen LogP contribution in [0.3, 0.4) is 0 Å². The van der Waals surface area contributed by atoms with E-state index in [2.05, 4.69) is 59.1 Å². The van der Waals surface area contributed by atoms with Crippen LogP contribution in [0.4, 0.5) is 4.79 Å². The Labute approximate surface area is 376 Å². The van der Waals surface area contributed by atoms with Crippen molar-refractivity contribution in [3.63, 3.8) is 0 Å². The van der Waals surface area contributed by atoms with Crippen LogP contribution in [0.25, 0.3) is 0 Å². The molecule has 63 heavy (non-hydrogen) atoms. The van der Waals surface area contributed by atoms with E-state index in [0.29, 0.717) is 37.5 Å². The molecule has 10 heteroatoms. The van der Waals surface area contributed by atoms with Crippen LogP contribution in [-0.4, -0.2) is 52.5 Å². The molecule has 0 spiro atoms. The average molecular weight is 869 g/mol. The van der Waals surface area contributed by atoms with Crippen LogP contribution < -0.4 is 10.6 Å². The number of nitrogens with one attached hydrogen (secondary N) is 2. The molecule has 0 aliphatic heterocycles. The fourth-order valence-electron chi connectivity index (χ4n) is 15.1. The van der Waals surface area contributed by atoms with Crippen molar-refractivity contribution < 1.29 is 38.2 Å². The van der Waals surface area contributed by atoms with Crippen molar-refractivity contribution >= 4 is 29.7 Å². The first-order chi connectivity index (χ1) is 29.2. The number of allylic oxidation sites excluding steroid dienone is 1. The summed E-state index contributed by atoms with van der Waals surface area (Å²) in [5.74, 6) is -0.201. The molecule has 0 aromatic heterocycles. The van der Waals surface area contributed by atoms with Gasteiger partial charge in [-0.15, -0.1) is 0 Å². The van der Waals surface area contributed by atoms with E-state index < -0.39 is 28.2 Å². The van der Waals surface area contributed by atoms with Gasteiger partial charge in [0.2, 0.25) is 5.91 Å². The molecular formula is C53H76N2O8. The molecule has 1 aromatic rings. The van der Waals surface area contributed by atoms with Crippen molar-refractivity contribution in [2.45, 2.75) is 190 Å². The third-order valence-electron chi connectivity index (χ3n) is 19.0. The van der Waals surface area contributed by atoms with E-state index in [1.165, 1.54) is 5.57 Å². The Bertz CT molecular complexity index is 2080. The van der Waals surface area contributed by atoms with Gasteiger partial charge >= 0.3 is 18.0 Å². The molecule has 7 aliphatic carbocycles. The van der Waals surface area contributed by atoms with Crippen LogP contribution in [0.1, 0.15) is 166 Å². The standard InChI is InChI=1S/C53H76N2O8/c1-31(2)40-36(56)29-53(54-44(59)52(26-27-52)55-45(60)63-46(3,4)5)25-24-50(11)33(41(40)53)18-19-38-49(10)22-21-39(48(8,9)37(49)20-23-51(38,50)12)62-43(58)35-28-34(47(35,6)7)42(57)61-30-32-16-14-13-15-17-32/h13-17,31,33-35,37-39H,18-30H2,1-12H3,(H,54,59)(H,55,60)/t33-,34+,35-,37+,38-,39+,49+,50-,51-,53-/m1/s1. The lowest BCUT2D eigenvalue weighted by Gasteiger charge is -2.72. The summed E-state index contributed by atoms with van der Waals surface area (Å²) in [6.45, 7) is 26.1. The summed E-state index contributed by atoms with van der Waals surface area (Å²) in [5.41, 5.74) is -0.290. The third-order valence-corrected chi connectivity index (χ3v) is 19.0.